The van der Waals surface area contributed by atoms with Gasteiger partial charge in [-0.2, -0.15) is 0 Å². The molecule has 0 saturated carbocycles. The van der Waals surface area contributed by atoms with Crippen LogP contribution in [-0.2, 0) is 17.8 Å². The van der Waals surface area contributed by atoms with Gasteiger partial charge in [0, 0.05) is 31.7 Å². The molecule has 1 aromatic carbocycles. The van der Waals surface area contributed by atoms with Gasteiger partial charge in [-0.1, -0.05) is 28.8 Å². The number of anilines is 1. The zero-order valence-electron chi connectivity index (χ0n) is 15.6. The molecule has 0 aliphatic carbocycles. The van der Waals surface area contributed by atoms with Gasteiger partial charge in [-0.05, 0) is 59.8 Å². The number of tetrazole rings is 1. The molecule has 0 spiro atoms. The highest BCUT2D eigenvalue weighted by molar-refractivity contribution is 6.30. The second kappa shape index (κ2) is 9.14. The van der Waals surface area contributed by atoms with Crippen molar-refractivity contribution in [2.75, 3.05) is 39.0 Å². The Hall–Kier alpha value is -2.19. The molecule has 1 aliphatic heterocycles. The van der Waals surface area contributed by atoms with Gasteiger partial charge in [0.05, 0.1) is 0 Å². The van der Waals surface area contributed by atoms with Gasteiger partial charge >= 0.3 is 0 Å². The number of likely N-dealkylation sites (N-methyl/N-ethyl adjacent to an activating group) is 1. The summed E-state index contributed by atoms with van der Waals surface area (Å²) in [5.74, 6) is 0.596. The first-order valence-electron chi connectivity index (χ1n) is 9.23. The zero-order chi connectivity index (χ0) is 19.2. The number of benzene rings is 1. The number of likely N-dealkylation sites (tertiary alicyclic amines) is 1. The van der Waals surface area contributed by atoms with Gasteiger partial charge in [0.2, 0.25) is 11.9 Å². The molecule has 9 heteroatoms. The second-order valence-electron chi connectivity index (χ2n) is 7.15. The van der Waals surface area contributed by atoms with Crippen molar-refractivity contribution in [3.8, 4) is 0 Å². The highest BCUT2D eigenvalue weighted by Crippen LogP contribution is 2.18. The first-order valence-corrected chi connectivity index (χ1v) is 9.61. The summed E-state index contributed by atoms with van der Waals surface area (Å²) >= 11 is 5.94. The molecule has 8 nitrogen and oxygen atoms in total. The fourth-order valence-corrected chi connectivity index (χ4v) is 3.63. The average molecular weight is 392 g/mol. The van der Waals surface area contributed by atoms with Crippen molar-refractivity contribution in [2.24, 2.45) is 5.92 Å². The molecule has 0 unspecified atom stereocenters. The molecule has 1 amide bonds. The number of aromatic nitrogens is 4. The molecule has 1 aromatic heterocycles. The van der Waals surface area contributed by atoms with Crippen LogP contribution in [0.25, 0.3) is 0 Å². The summed E-state index contributed by atoms with van der Waals surface area (Å²) < 4.78 is 1.32. The smallest absolute Gasteiger partial charge is 0.244 e. The lowest BCUT2D eigenvalue weighted by Crippen LogP contribution is -2.43. The molecule has 146 valence electrons. The van der Waals surface area contributed by atoms with Crippen molar-refractivity contribution in [3.05, 3.63) is 34.9 Å². The topological polar surface area (TPSA) is 93.2 Å². The molecular weight excluding hydrogens is 366 g/mol. The fourth-order valence-electron chi connectivity index (χ4n) is 3.50. The van der Waals surface area contributed by atoms with Crippen molar-refractivity contribution in [3.63, 3.8) is 0 Å². The van der Waals surface area contributed by atoms with Crippen LogP contribution in [0.2, 0.25) is 5.02 Å². The summed E-state index contributed by atoms with van der Waals surface area (Å²) in [6, 6.07) is 8.05. The Labute approximate surface area is 164 Å². The summed E-state index contributed by atoms with van der Waals surface area (Å²) in [6.45, 7) is 3.96. The van der Waals surface area contributed by atoms with Gasteiger partial charge in [0.1, 0.15) is 6.54 Å². The molecule has 0 bridgehead atoms. The molecule has 0 radical (unpaired) electrons. The first kappa shape index (κ1) is 19.6. The van der Waals surface area contributed by atoms with Crippen LogP contribution in [-0.4, -0.2) is 69.1 Å². The van der Waals surface area contributed by atoms with Crippen molar-refractivity contribution >= 4 is 23.5 Å². The van der Waals surface area contributed by atoms with E-state index in [0.717, 1.165) is 50.5 Å². The number of piperidine rings is 1. The van der Waals surface area contributed by atoms with Crippen LogP contribution >= 0.6 is 11.6 Å². The van der Waals surface area contributed by atoms with Crippen molar-refractivity contribution < 1.29 is 4.79 Å². The Bertz CT molecular complexity index is 748. The normalized spacial score (nSPS) is 17.8. The third-order valence-electron chi connectivity index (χ3n) is 5.04. The van der Waals surface area contributed by atoms with Crippen LogP contribution in [0.1, 0.15) is 18.4 Å². The zero-order valence-corrected chi connectivity index (χ0v) is 16.3. The number of nitrogen functional groups attached to an aromatic ring is 1. The van der Waals surface area contributed by atoms with Crippen LogP contribution in [0.3, 0.4) is 0 Å². The van der Waals surface area contributed by atoms with Gasteiger partial charge in [-0.15, -0.1) is 0 Å². The third kappa shape index (κ3) is 5.64. The van der Waals surface area contributed by atoms with E-state index in [2.05, 4.69) is 32.6 Å². The lowest BCUT2D eigenvalue weighted by molar-refractivity contribution is -0.131. The van der Waals surface area contributed by atoms with Crippen LogP contribution in [0.5, 0.6) is 0 Å². The minimum atomic E-state index is -0.0349. The second-order valence-corrected chi connectivity index (χ2v) is 7.59. The monoisotopic (exact) mass is 391 g/mol. The van der Waals surface area contributed by atoms with E-state index in [1.54, 1.807) is 4.90 Å². The van der Waals surface area contributed by atoms with E-state index >= 15 is 0 Å². The van der Waals surface area contributed by atoms with E-state index < -0.39 is 0 Å². The number of nitrogens with zero attached hydrogens (tertiary/aromatic N) is 6. The predicted octanol–water partition coefficient (Wildman–Crippen LogP) is 1.32. The number of carbonyl (C=O) groups excluding carboxylic acids is 1. The highest BCUT2D eigenvalue weighted by Gasteiger charge is 2.23. The molecule has 3 rings (SSSR count). The molecule has 1 fully saturated rings. The van der Waals surface area contributed by atoms with Crippen molar-refractivity contribution in [1.29, 1.82) is 0 Å². The number of halogens is 1. The van der Waals surface area contributed by atoms with Crippen LogP contribution in [0.4, 0.5) is 5.95 Å². The summed E-state index contributed by atoms with van der Waals surface area (Å²) in [5, 5.41) is 11.6. The molecule has 1 saturated heterocycles. The van der Waals surface area contributed by atoms with E-state index in [1.165, 1.54) is 10.2 Å². The molecule has 1 atom stereocenters. The minimum Gasteiger partial charge on any atom is -0.367 e. The van der Waals surface area contributed by atoms with Gasteiger partial charge in [0.25, 0.3) is 0 Å². The van der Waals surface area contributed by atoms with Crippen LogP contribution in [0, 0.1) is 5.92 Å². The molecule has 2 aromatic rings. The van der Waals surface area contributed by atoms with Crippen LogP contribution in [0.15, 0.2) is 24.3 Å². The Morgan fingerprint density at radius 2 is 2.15 bits per heavy atom. The summed E-state index contributed by atoms with van der Waals surface area (Å²) in [4.78, 5) is 16.6. The first-order chi connectivity index (χ1) is 13.0. The minimum absolute atomic E-state index is 0.0349. The van der Waals surface area contributed by atoms with Crippen molar-refractivity contribution in [2.45, 2.75) is 25.8 Å². The molecule has 1 aliphatic rings. The van der Waals surface area contributed by atoms with Gasteiger partial charge in [0.15, 0.2) is 0 Å². The quantitative estimate of drug-likeness (QED) is 0.765. The maximum Gasteiger partial charge on any atom is 0.244 e. The number of rotatable bonds is 7. The van der Waals surface area contributed by atoms with Gasteiger partial charge < -0.3 is 15.5 Å². The number of hydrogen-bond acceptors (Lipinski definition) is 6. The Kier molecular flexibility index (Phi) is 6.63. The van der Waals surface area contributed by atoms with Crippen molar-refractivity contribution in [1.82, 2.24) is 30.0 Å². The standard InChI is InChI=1S/C18H26ClN7O/c1-24(17(27)13-26-18(20)21-22-23-26)11-15-3-2-9-25(12-15)10-8-14-4-6-16(19)7-5-14/h4-7,15H,2-3,8-13H2,1H3,(H2,20,21,23)/t15-/m0/s1. The largest absolute Gasteiger partial charge is 0.367 e. The van der Waals surface area contributed by atoms with E-state index in [-0.39, 0.29) is 18.4 Å². The maximum absolute atomic E-state index is 12.4. The lowest BCUT2D eigenvalue weighted by atomic mass is 9.97. The van der Waals surface area contributed by atoms with E-state index in [1.807, 2.05) is 19.2 Å². The molecular formula is C18H26ClN7O. The maximum atomic E-state index is 12.4. The number of amides is 1. The summed E-state index contributed by atoms with van der Waals surface area (Å²) in [5.41, 5.74) is 6.92. The average Bonchev–Trinajstić information content (AvgIpc) is 3.06. The fraction of sp³-hybridized carbons (Fsp3) is 0.556. The Balaban J connectivity index is 1.45. The summed E-state index contributed by atoms with van der Waals surface area (Å²) in [7, 11) is 1.83. The third-order valence-corrected chi connectivity index (χ3v) is 5.29. The van der Waals surface area contributed by atoms with Gasteiger partial charge in [-0.3, -0.25) is 4.79 Å². The Morgan fingerprint density at radius 3 is 2.85 bits per heavy atom. The van der Waals surface area contributed by atoms with E-state index in [4.69, 9.17) is 17.3 Å². The Morgan fingerprint density at radius 1 is 1.37 bits per heavy atom. The number of carbonyl (C=O) groups is 1. The number of hydrogen-bond donors (Lipinski definition) is 1. The van der Waals surface area contributed by atoms with E-state index in [0.29, 0.717) is 5.92 Å². The number of nitrogens with two attached hydrogens (primary N) is 1. The summed E-state index contributed by atoms with van der Waals surface area (Å²) in [6.07, 6.45) is 3.31. The van der Waals surface area contributed by atoms with E-state index in [9.17, 15) is 4.79 Å². The van der Waals surface area contributed by atoms with Gasteiger partial charge in [-0.25, -0.2) is 4.68 Å². The molecule has 2 N–H and O–H groups in total. The van der Waals surface area contributed by atoms with Crippen LogP contribution < -0.4 is 5.73 Å². The highest BCUT2D eigenvalue weighted by atomic mass is 35.5. The molecule has 2 heterocycles. The molecule has 27 heavy (non-hydrogen) atoms. The predicted molar refractivity (Wildman–Crippen MR) is 104 cm³/mol. The lowest BCUT2D eigenvalue weighted by Gasteiger charge is -2.34. The SMILES string of the molecule is CN(C[C@@H]1CCCN(CCc2ccc(Cl)cc2)C1)C(=O)Cn1nnnc1N.